The molecule has 0 amide bonds. The molecule has 0 saturated carbocycles. The fourth-order valence-corrected chi connectivity index (χ4v) is 3.49. The molecule has 0 aliphatic rings. The number of methoxy groups -OCH3 is 1. The minimum Gasteiger partial charge on any atom is -0.496 e. The van der Waals surface area contributed by atoms with Crippen LogP contribution < -0.4 is 14.2 Å². The lowest BCUT2D eigenvalue weighted by Crippen LogP contribution is -2.27. The van der Waals surface area contributed by atoms with Gasteiger partial charge in [0.2, 0.25) is 10.0 Å². The highest BCUT2D eigenvalue weighted by atomic mass is 32.2. The van der Waals surface area contributed by atoms with E-state index in [2.05, 4.69) is 4.72 Å². The molecule has 0 aliphatic carbocycles. The zero-order chi connectivity index (χ0) is 16.9. The van der Waals surface area contributed by atoms with E-state index in [0.29, 0.717) is 18.1 Å². The quantitative estimate of drug-likeness (QED) is 0.844. The summed E-state index contributed by atoms with van der Waals surface area (Å²) in [6.45, 7) is 4.19. The summed E-state index contributed by atoms with van der Waals surface area (Å²) >= 11 is 0. The maximum atomic E-state index is 12.5. The van der Waals surface area contributed by atoms with Crippen molar-refractivity contribution >= 4 is 10.0 Å². The van der Waals surface area contributed by atoms with Gasteiger partial charge in [0.05, 0.1) is 18.6 Å². The molecule has 124 valence electrons. The second kappa shape index (κ2) is 7.48. The number of ether oxygens (including phenoxy) is 2. The van der Waals surface area contributed by atoms with E-state index in [1.807, 2.05) is 25.1 Å². The first-order valence-electron chi connectivity index (χ1n) is 7.36. The van der Waals surface area contributed by atoms with Gasteiger partial charge < -0.3 is 9.47 Å². The molecule has 1 N–H and O–H groups in total. The van der Waals surface area contributed by atoms with Crippen molar-refractivity contribution in [3.63, 3.8) is 0 Å². The number of hydrogen-bond acceptors (Lipinski definition) is 4. The first kappa shape index (κ1) is 17.3. The third-order valence-corrected chi connectivity index (χ3v) is 4.94. The summed E-state index contributed by atoms with van der Waals surface area (Å²) in [4.78, 5) is 0.197. The fourth-order valence-electron chi connectivity index (χ4n) is 2.27. The Kier molecular flexibility index (Phi) is 5.63. The highest BCUT2D eigenvalue weighted by Gasteiger charge is 2.20. The molecule has 0 bridgehead atoms. The van der Waals surface area contributed by atoms with E-state index in [-0.39, 0.29) is 4.90 Å². The lowest BCUT2D eigenvalue weighted by molar-refractivity contribution is 0.340. The minimum atomic E-state index is -3.63. The third-order valence-electron chi connectivity index (χ3n) is 3.38. The van der Waals surface area contributed by atoms with Crippen molar-refractivity contribution in [3.8, 4) is 11.5 Å². The second-order valence-corrected chi connectivity index (χ2v) is 6.70. The lowest BCUT2D eigenvalue weighted by atomic mass is 10.1. The summed E-state index contributed by atoms with van der Waals surface area (Å²) in [5.41, 5.74) is 0.782. The van der Waals surface area contributed by atoms with Crippen molar-refractivity contribution < 1.29 is 17.9 Å². The Morgan fingerprint density at radius 3 is 2.35 bits per heavy atom. The summed E-state index contributed by atoms with van der Waals surface area (Å²) < 4.78 is 38.3. The van der Waals surface area contributed by atoms with Crippen molar-refractivity contribution in [1.82, 2.24) is 4.72 Å². The fraction of sp³-hybridized carbons (Fsp3) is 0.294. The number of sulfonamides is 1. The molecule has 0 aliphatic heterocycles. The first-order chi connectivity index (χ1) is 11.0. The SMILES string of the molecule is CCOc1ccc(S(=O)(=O)N[C@H](C)c2ccccc2OC)cc1. The van der Waals surface area contributed by atoms with Crippen LogP contribution in [0.4, 0.5) is 0 Å². The molecule has 0 radical (unpaired) electrons. The number of nitrogens with one attached hydrogen (secondary N) is 1. The molecular formula is C17H21NO4S. The van der Waals surface area contributed by atoms with Gasteiger partial charge in [-0.05, 0) is 44.2 Å². The molecule has 5 nitrogen and oxygen atoms in total. The summed E-state index contributed by atoms with van der Waals surface area (Å²) in [6, 6.07) is 13.3. The average molecular weight is 335 g/mol. The molecule has 2 aromatic carbocycles. The van der Waals surface area contributed by atoms with Crippen molar-refractivity contribution in [2.45, 2.75) is 24.8 Å². The number of hydrogen-bond donors (Lipinski definition) is 1. The second-order valence-electron chi connectivity index (χ2n) is 4.99. The van der Waals surface area contributed by atoms with Gasteiger partial charge in [-0.2, -0.15) is 0 Å². The molecule has 0 heterocycles. The van der Waals surface area contributed by atoms with Crippen molar-refractivity contribution in [1.29, 1.82) is 0 Å². The summed E-state index contributed by atoms with van der Waals surface area (Å²) in [5.74, 6) is 1.29. The Morgan fingerprint density at radius 2 is 1.74 bits per heavy atom. The lowest BCUT2D eigenvalue weighted by Gasteiger charge is -2.17. The van der Waals surface area contributed by atoms with Gasteiger partial charge in [-0.1, -0.05) is 18.2 Å². The molecule has 0 aromatic heterocycles. The van der Waals surface area contributed by atoms with Crippen LogP contribution >= 0.6 is 0 Å². The zero-order valence-corrected chi connectivity index (χ0v) is 14.3. The summed E-state index contributed by atoms with van der Waals surface area (Å²) in [7, 11) is -2.06. The number of rotatable bonds is 7. The average Bonchev–Trinajstić information content (AvgIpc) is 2.55. The summed E-state index contributed by atoms with van der Waals surface area (Å²) in [6.07, 6.45) is 0. The first-order valence-corrected chi connectivity index (χ1v) is 8.84. The monoisotopic (exact) mass is 335 g/mol. The molecule has 23 heavy (non-hydrogen) atoms. The maximum absolute atomic E-state index is 12.5. The van der Waals surface area contributed by atoms with E-state index in [1.54, 1.807) is 32.2 Å². The molecule has 0 unspecified atom stereocenters. The third kappa shape index (κ3) is 4.24. The molecular weight excluding hydrogens is 314 g/mol. The minimum absolute atomic E-state index is 0.197. The highest BCUT2D eigenvalue weighted by Crippen LogP contribution is 2.26. The van der Waals surface area contributed by atoms with Gasteiger partial charge in [-0.3, -0.25) is 0 Å². The molecule has 2 aromatic rings. The zero-order valence-electron chi connectivity index (χ0n) is 13.4. The molecule has 6 heteroatoms. The van der Waals surface area contributed by atoms with Gasteiger partial charge in [-0.15, -0.1) is 0 Å². The van der Waals surface area contributed by atoms with Crippen LogP contribution in [0.15, 0.2) is 53.4 Å². The Labute approximate surface area is 137 Å². The van der Waals surface area contributed by atoms with Crippen LogP contribution in [-0.2, 0) is 10.0 Å². The Hall–Kier alpha value is -2.05. The van der Waals surface area contributed by atoms with Gasteiger partial charge in [0.15, 0.2) is 0 Å². The molecule has 2 rings (SSSR count). The van der Waals surface area contributed by atoms with Gasteiger partial charge in [0.25, 0.3) is 0 Å². The van der Waals surface area contributed by atoms with E-state index in [4.69, 9.17) is 9.47 Å². The molecule has 0 fully saturated rings. The van der Waals surface area contributed by atoms with Crippen molar-refractivity contribution in [2.24, 2.45) is 0 Å². The standard InChI is InChI=1S/C17H21NO4S/c1-4-22-14-9-11-15(12-10-14)23(19,20)18-13(2)16-7-5-6-8-17(16)21-3/h5-13,18H,4H2,1-3H3/t13-/m1/s1. The smallest absolute Gasteiger partial charge is 0.241 e. The topological polar surface area (TPSA) is 64.6 Å². The van der Waals surface area contributed by atoms with Crippen LogP contribution in [0.25, 0.3) is 0 Å². The van der Waals surface area contributed by atoms with Gasteiger partial charge in [0, 0.05) is 11.6 Å². The van der Waals surface area contributed by atoms with Gasteiger partial charge >= 0.3 is 0 Å². The molecule has 0 spiro atoms. The van der Waals surface area contributed by atoms with Crippen molar-refractivity contribution in [3.05, 3.63) is 54.1 Å². The van der Waals surface area contributed by atoms with E-state index in [9.17, 15) is 8.42 Å². The van der Waals surface area contributed by atoms with Gasteiger partial charge in [-0.25, -0.2) is 13.1 Å². The summed E-state index contributed by atoms with van der Waals surface area (Å²) in [5, 5.41) is 0. The van der Waals surface area contributed by atoms with E-state index in [0.717, 1.165) is 5.56 Å². The van der Waals surface area contributed by atoms with E-state index < -0.39 is 16.1 Å². The van der Waals surface area contributed by atoms with E-state index in [1.165, 1.54) is 12.1 Å². The van der Waals surface area contributed by atoms with Crippen LogP contribution in [0.2, 0.25) is 0 Å². The maximum Gasteiger partial charge on any atom is 0.241 e. The van der Waals surface area contributed by atoms with Crippen LogP contribution in [0.3, 0.4) is 0 Å². The number of para-hydroxylation sites is 1. The predicted octanol–water partition coefficient (Wildman–Crippen LogP) is 3.13. The van der Waals surface area contributed by atoms with E-state index >= 15 is 0 Å². The van der Waals surface area contributed by atoms with Crippen LogP contribution in [0.1, 0.15) is 25.5 Å². The Morgan fingerprint density at radius 1 is 1.09 bits per heavy atom. The molecule has 0 saturated heterocycles. The van der Waals surface area contributed by atoms with Crippen LogP contribution in [0, 0.1) is 0 Å². The number of benzene rings is 2. The highest BCUT2D eigenvalue weighted by molar-refractivity contribution is 7.89. The molecule has 1 atom stereocenters. The largest absolute Gasteiger partial charge is 0.496 e. The Balaban J connectivity index is 2.20. The van der Waals surface area contributed by atoms with Crippen LogP contribution in [-0.4, -0.2) is 22.1 Å². The van der Waals surface area contributed by atoms with Crippen molar-refractivity contribution in [2.75, 3.05) is 13.7 Å². The van der Waals surface area contributed by atoms with Crippen LogP contribution in [0.5, 0.6) is 11.5 Å². The van der Waals surface area contributed by atoms with Gasteiger partial charge in [0.1, 0.15) is 11.5 Å². The normalized spacial score (nSPS) is 12.7. The predicted molar refractivity (Wildman–Crippen MR) is 89.3 cm³/mol. The Bertz CT molecular complexity index is 741.